The summed E-state index contributed by atoms with van der Waals surface area (Å²) in [5.41, 5.74) is 0.780. The molecule has 1 heterocycles. The van der Waals surface area contributed by atoms with Crippen molar-refractivity contribution in [2.75, 3.05) is 0 Å². The fourth-order valence-electron chi connectivity index (χ4n) is 1.08. The van der Waals surface area contributed by atoms with Gasteiger partial charge in [0.1, 0.15) is 5.82 Å². The van der Waals surface area contributed by atoms with Gasteiger partial charge in [-0.15, -0.1) is 0 Å². The maximum atomic E-state index is 11.2. The number of aryl methyl sites for hydroxylation is 1. The highest BCUT2D eigenvalue weighted by molar-refractivity contribution is 5.93. The Kier molecular flexibility index (Phi) is 3.98. The molecule has 0 amide bonds. The summed E-state index contributed by atoms with van der Waals surface area (Å²) in [6, 6.07) is 1.78. The van der Waals surface area contributed by atoms with Crippen LogP contribution in [-0.4, -0.2) is 15.8 Å². The van der Waals surface area contributed by atoms with E-state index in [9.17, 15) is 4.79 Å². The molecule has 0 aromatic carbocycles. The molecule has 0 N–H and O–H groups in total. The number of allylic oxidation sites excluding steroid dienone is 1. The number of ketones is 1. The van der Waals surface area contributed by atoms with Crippen molar-refractivity contribution in [2.45, 2.75) is 26.7 Å². The first-order valence-electron chi connectivity index (χ1n) is 4.73. The van der Waals surface area contributed by atoms with E-state index in [1.807, 2.05) is 13.8 Å². The summed E-state index contributed by atoms with van der Waals surface area (Å²) in [6.07, 6.45) is 6.47. The fraction of sp³-hybridized carbons (Fsp3) is 0.364. The summed E-state index contributed by atoms with van der Waals surface area (Å²) < 4.78 is 0. The lowest BCUT2D eigenvalue weighted by molar-refractivity contribution is -0.114. The zero-order valence-corrected chi connectivity index (χ0v) is 8.53. The van der Waals surface area contributed by atoms with Crippen molar-refractivity contribution in [1.82, 2.24) is 9.97 Å². The molecule has 0 unspecified atom stereocenters. The molecule has 0 radical (unpaired) electrons. The van der Waals surface area contributed by atoms with Crippen LogP contribution in [0.4, 0.5) is 0 Å². The van der Waals surface area contributed by atoms with E-state index in [4.69, 9.17) is 0 Å². The molecule has 0 aliphatic carbocycles. The third-order valence-electron chi connectivity index (χ3n) is 1.73. The van der Waals surface area contributed by atoms with E-state index in [0.717, 1.165) is 17.9 Å². The van der Waals surface area contributed by atoms with Gasteiger partial charge in [-0.2, -0.15) is 0 Å². The minimum absolute atomic E-state index is 0.142. The van der Waals surface area contributed by atoms with Gasteiger partial charge >= 0.3 is 0 Å². The Morgan fingerprint density at radius 1 is 1.57 bits per heavy atom. The molecule has 3 heteroatoms. The first-order valence-corrected chi connectivity index (χ1v) is 4.73. The van der Waals surface area contributed by atoms with Crippen molar-refractivity contribution in [2.24, 2.45) is 0 Å². The van der Waals surface area contributed by atoms with Crippen LogP contribution in [0, 0.1) is 6.92 Å². The van der Waals surface area contributed by atoms with Gasteiger partial charge in [-0.1, -0.05) is 6.92 Å². The fourth-order valence-corrected chi connectivity index (χ4v) is 1.08. The summed E-state index contributed by atoms with van der Waals surface area (Å²) >= 11 is 0. The molecule has 1 aromatic heterocycles. The van der Waals surface area contributed by atoms with Gasteiger partial charge in [-0.05, 0) is 31.6 Å². The highest BCUT2D eigenvalue weighted by Gasteiger charge is 1.94. The molecule has 0 spiro atoms. The average Bonchev–Trinajstić information content (AvgIpc) is 2.15. The largest absolute Gasteiger partial charge is 0.295 e. The minimum Gasteiger partial charge on any atom is -0.295 e. The molecule has 1 aromatic rings. The predicted molar refractivity (Wildman–Crippen MR) is 55.7 cm³/mol. The van der Waals surface area contributed by atoms with E-state index in [1.54, 1.807) is 24.4 Å². The lowest BCUT2D eigenvalue weighted by atomic mass is 10.2. The molecule has 14 heavy (non-hydrogen) atoms. The Bertz CT molecular complexity index is 345. The van der Waals surface area contributed by atoms with Crippen LogP contribution in [0.15, 0.2) is 18.3 Å². The Morgan fingerprint density at radius 2 is 2.36 bits per heavy atom. The Balaban J connectivity index is 2.64. The molecule has 0 bridgehead atoms. The number of carbonyl (C=O) groups excluding carboxylic acids is 1. The molecule has 0 atom stereocenters. The Morgan fingerprint density at radius 3 is 3.00 bits per heavy atom. The summed E-state index contributed by atoms with van der Waals surface area (Å²) in [5, 5.41) is 0. The second kappa shape index (κ2) is 5.27. The summed E-state index contributed by atoms with van der Waals surface area (Å²) in [4.78, 5) is 19.3. The monoisotopic (exact) mass is 190 g/mol. The number of hydrogen-bond donors (Lipinski definition) is 0. The molecule has 3 nitrogen and oxygen atoms in total. The highest BCUT2D eigenvalue weighted by Crippen LogP contribution is 1.99. The van der Waals surface area contributed by atoms with Crippen molar-refractivity contribution < 1.29 is 4.79 Å². The zero-order chi connectivity index (χ0) is 10.4. The van der Waals surface area contributed by atoms with Crippen LogP contribution in [0.1, 0.15) is 31.3 Å². The first-order chi connectivity index (χ1) is 6.72. The third kappa shape index (κ3) is 3.47. The minimum atomic E-state index is 0.142. The van der Waals surface area contributed by atoms with Crippen LogP contribution in [0.2, 0.25) is 0 Å². The van der Waals surface area contributed by atoms with Gasteiger partial charge in [-0.25, -0.2) is 9.97 Å². The Hall–Kier alpha value is -1.51. The van der Waals surface area contributed by atoms with Gasteiger partial charge < -0.3 is 0 Å². The number of rotatable bonds is 4. The van der Waals surface area contributed by atoms with Gasteiger partial charge in [0.2, 0.25) is 0 Å². The molecular formula is C11H14N2O. The molecular weight excluding hydrogens is 176 g/mol. The molecule has 0 aliphatic rings. The van der Waals surface area contributed by atoms with E-state index in [2.05, 4.69) is 9.97 Å². The van der Waals surface area contributed by atoms with Crippen molar-refractivity contribution in [3.63, 3.8) is 0 Å². The first kappa shape index (κ1) is 10.6. The maximum Gasteiger partial charge on any atom is 0.155 e. The predicted octanol–water partition coefficient (Wildman–Crippen LogP) is 2.17. The smallest absolute Gasteiger partial charge is 0.155 e. The Labute approximate surface area is 83.9 Å². The lowest BCUT2D eigenvalue weighted by Gasteiger charge is -1.93. The number of hydrogen-bond acceptors (Lipinski definition) is 3. The molecule has 0 saturated carbocycles. The number of nitrogens with zero attached hydrogens (tertiary/aromatic N) is 2. The topological polar surface area (TPSA) is 42.9 Å². The van der Waals surface area contributed by atoms with E-state index in [-0.39, 0.29) is 5.78 Å². The van der Waals surface area contributed by atoms with Crippen LogP contribution in [0.3, 0.4) is 0 Å². The molecule has 0 fully saturated rings. The van der Waals surface area contributed by atoms with Crippen LogP contribution in [-0.2, 0) is 4.79 Å². The van der Waals surface area contributed by atoms with Gasteiger partial charge in [0.15, 0.2) is 5.78 Å². The number of carbonyl (C=O) groups is 1. The maximum absolute atomic E-state index is 11.2. The van der Waals surface area contributed by atoms with Crippen molar-refractivity contribution in [3.05, 3.63) is 29.9 Å². The van der Waals surface area contributed by atoms with Gasteiger partial charge in [0, 0.05) is 12.6 Å². The van der Waals surface area contributed by atoms with Crippen molar-refractivity contribution >= 4 is 11.9 Å². The average molecular weight is 190 g/mol. The molecule has 1 rings (SSSR count). The second-order valence-corrected chi connectivity index (χ2v) is 3.08. The quantitative estimate of drug-likeness (QED) is 0.683. The van der Waals surface area contributed by atoms with Gasteiger partial charge in [0.05, 0.1) is 5.69 Å². The van der Waals surface area contributed by atoms with Crippen LogP contribution >= 0.6 is 0 Å². The van der Waals surface area contributed by atoms with E-state index in [0.29, 0.717) is 6.42 Å². The summed E-state index contributed by atoms with van der Waals surface area (Å²) in [7, 11) is 0. The van der Waals surface area contributed by atoms with Crippen molar-refractivity contribution in [3.8, 4) is 0 Å². The van der Waals surface area contributed by atoms with Gasteiger partial charge in [-0.3, -0.25) is 4.79 Å². The summed E-state index contributed by atoms with van der Waals surface area (Å²) in [5.74, 6) is 0.860. The zero-order valence-electron chi connectivity index (χ0n) is 8.53. The highest BCUT2D eigenvalue weighted by atomic mass is 16.1. The normalized spacial score (nSPS) is 10.7. The lowest BCUT2D eigenvalue weighted by Crippen LogP contribution is -1.92. The summed E-state index contributed by atoms with van der Waals surface area (Å²) in [6.45, 7) is 3.81. The molecule has 74 valence electrons. The second-order valence-electron chi connectivity index (χ2n) is 3.08. The third-order valence-corrected chi connectivity index (χ3v) is 1.73. The van der Waals surface area contributed by atoms with Crippen LogP contribution in [0.25, 0.3) is 6.08 Å². The van der Waals surface area contributed by atoms with E-state index >= 15 is 0 Å². The molecule has 0 aliphatic heterocycles. The van der Waals surface area contributed by atoms with E-state index in [1.165, 1.54) is 0 Å². The molecule has 0 saturated heterocycles. The SMILES string of the molecule is CCCC(=O)/C=C/c1ccnc(C)n1. The van der Waals surface area contributed by atoms with Crippen LogP contribution < -0.4 is 0 Å². The van der Waals surface area contributed by atoms with Crippen molar-refractivity contribution in [1.29, 1.82) is 0 Å². The number of aromatic nitrogens is 2. The standard InChI is InChI=1S/C11H14N2O/c1-3-4-11(14)6-5-10-7-8-12-9(2)13-10/h5-8H,3-4H2,1-2H3/b6-5+. The van der Waals surface area contributed by atoms with Gasteiger partial charge in [0.25, 0.3) is 0 Å². The van der Waals surface area contributed by atoms with E-state index < -0.39 is 0 Å². The van der Waals surface area contributed by atoms with Crippen LogP contribution in [0.5, 0.6) is 0 Å².